The lowest BCUT2D eigenvalue weighted by Gasteiger charge is -2.14. The van der Waals surface area contributed by atoms with E-state index in [1.165, 1.54) is 57.8 Å². The molecule has 0 aliphatic carbocycles. The fraction of sp³-hybridized carbons (Fsp3) is 0.841. The van der Waals surface area contributed by atoms with Crippen LogP contribution in [0.2, 0.25) is 0 Å². The van der Waals surface area contributed by atoms with Crippen LogP contribution in [-0.2, 0) is 52.5 Å². The van der Waals surface area contributed by atoms with E-state index >= 15 is 0 Å². The highest BCUT2D eigenvalue weighted by Gasteiger charge is 2.20. The first-order valence-corrected chi connectivity index (χ1v) is 23.3. The van der Waals surface area contributed by atoms with Crippen LogP contribution < -0.4 is 27.0 Å². The Hall–Kier alpha value is -3.91. The summed E-state index contributed by atoms with van der Waals surface area (Å²) in [4.78, 5) is 81.0. The molecule has 0 saturated heterocycles. The van der Waals surface area contributed by atoms with Gasteiger partial charge in [0.2, 0.25) is 23.6 Å². The first-order chi connectivity index (χ1) is 30.4. The van der Waals surface area contributed by atoms with Gasteiger partial charge in [-0.2, -0.15) is 0 Å². The molecule has 0 aromatic carbocycles. The van der Waals surface area contributed by atoms with Gasteiger partial charge < -0.3 is 61.3 Å². The number of rotatable bonds is 47. The number of ether oxygens (including phenoxy) is 4. The van der Waals surface area contributed by atoms with E-state index in [9.17, 15) is 38.7 Å². The number of aliphatic carboxylic acids is 3. The molecule has 19 heteroatoms. The van der Waals surface area contributed by atoms with Crippen LogP contribution in [0.3, 0.4) is 0 Å². The van der Waals surface area contributed by atoms with Crippen LogP contribution in [0.25, 0.3) is 0 Å². The third kappa shape index (κ3) is 43.1. The summed E-state index contributed by atoms with van der Waals surface area (Å²) in [6, 6.07) is -1.93. The van der Waals surface area contributed by atoms with E-state index in [1.807, 2.05) is 0 Å². The quantitative estimate of drug-likeness (QED) is 0.0403. The van der Waals surface area contributed by atoms with Crippen LogP contribution in [0.1, 0.15) is 154 Å². The number of nitrogens with one attached hydrogen (secondary N) is 4. The molecule has 0 rings (SSSR count). The van der Waals surface area contributed by atoms with Crippen LogP contribution >= 0.6 is 0 Å². The summed E-state index contributed by atoms with van der Waals surface area (Å²) in [6.45, 7) is 1.95. The third-order valence-corrected chi connectivity index (χ3v) is 10.0. The molecule has 4 amide bonds. The van der Waals surface area contributed by atoms with Gasteiger partial charge in [0.25, 0.3) is 0 Å². The van der Waals surface area contributed by atoms with Gasteiger partial charge in [-0.25, -0.2) is 4.79 Å². The predicted molar refractivity (Wildman–Crippen MR) is 236 cm³/mol. The Morgan fingerprint density at radius 3 is 1.27 bits per heavy atom. The van der Waals surface area contributed by atoms with E-state index in [4.69, 9.17) is 34.9 Å². The van der Waals surface area contributed by atoms with Crippen molar-refractivity contribution in [3.8, 4) is 0 Å². The fourth-order valence-corrected chi connectivity index (χ4v) is 6.35. The smallest absolute Gasteiger partial charge is 0.326 e. The molecule has 0 unspecified atom stereocenters. The lowest BCUT2D eigenvalue weighted by Crippen LogP contribution is -2.40. The second-order valence-corrected chi connectivity index (χ2v) is 15.7. The first kappa shape index (κ1) is 59.1. The molecule has 63 heavy (non-hydrogen) atoms. The van der Waals surface area contributed by atoms with Gasteiger partial charge in [0.15, 0.2) is 0 Å². The van der Waals surface area contributed by atoms with Crippen LogP contribution in [0, 0.1) is 0 Å². The Kier molecular flexibility index (Phi) is 40.7. The fourth-order valence-electron chi connectivity index (χ4n) is 6.35. The largest absolute Gasteiger partial charge is 0.481 e. The van der Waals surface area contributed by atoms with Gasteiger partial charge in [0, 0.05) is 38.9 Å². The second kappa shape index (κ2) is 43.3. The number of amides is 4. The summed E-state index contributed by atoms with van der Waals surface area (Å²) in [7, 11) is 0. The standard InChI is InChI=1S/C44H81N5O14/c45-36(43(56)57)20-17-18-25-46-40(52)34-62-32-31-61-29-27-48-41(53)35-63-33-30-60-28-26-47-38(50)23-19-21-37(44(58)59)49-39(51)22-15-13-11-9-7-5-3-1-2-4-6-8-10-12-14-16-24-42(54)55/h36-37H,1-35,45H2,(H,46,52)(H,47,50)(H,48,53)(H,49,51)(H,54,55)(H,56,57)(H,58,59)/t36-,37-/m0/s1. The molecule has 0 spiro atoms. The average Bonchev–Trinajstić information content (AvgIpc) is 3.24. The normalized spacial score (nSPS) is 12.0. The number of nitrogens with two attached hydrogens (primary N) is 1. The van der Waals surface area contributed by atoms with Gasteiger partial charge in [-0.1, -0.05) is 89.9 Å². The second-order valence-electron chi connectivity index (χ2n) is 15.7. The molecule has 0 aliphatic rings. The highest BCUT2D eigenvalue weighted by atomic mass is 16.5. The zero-order valence-corrected chi connectivity index (χ0v) is 37.8. The van der Waals surface area contributed by atoms with Crippen molar-refractivity contribution in [2.75, 3.05) is 72.5 Å². The minimum Gasteiger partial charge on any atom is -0.481 e. The van der Waals surface area contributed by atoms with Gasteiger partial charge in [0.05, 0.1) is 39.6 Å². The maximum atomic E-state index is 12.4. The Morgan fingerprint density at radius 2 is 0.810 bits per heavy atom. The van der Waals surface area contributed by atoms with E-state index in [2.05, 4.69) is 21.3 Å². The number of carboxylic acids is 3. The molecule has 0 aromatic heterocycles. The molecular weight excluding hydrogens is 823 g/mol. The molecule has 19 nitrogen and oxygen atoms in total. The van der Waals surface area contributed by atoms with Crippen molar-refractivity contribution in [2.45, 2.75) is 166 Å². The lowest BCUT2D eigenvalue weighted by molar-refractivity contribution is -0.142. The number of carbonyl (C=O) groups is 7. The number of unbranched alkanes of at least 4 members (excludes halogenated alkanes) is 16. The van der Waals surface area contributed by atoms with Crippen molar-refractivity contribution in [1.82, 2.24) is 21.3 Å². The van der Waals surface area contributed by atoms with Crippen molar-refractivity contribution in [2.24, 2.45) is 5.73 Å². The van der Waals surface area contributed by atoms with Gasteiger partial charge in [-0.05, 0) is 44.9 Å². The first-order valence-electron chi connectivity index (χ1n) is 23.3. The van der Waals surface area contributed by atoms with Gasteiger partial charge in [-0.15, -0.1) is 0 Å². The highest BCUT2D eigenvalue weighted by Crippen LogP contribution is 2.14. The van der Waals surface area contributed by atoms with Crippen LogP contribution in [-0.4, -0.2) is 141 Å². The number of hydrogen-bond acceptors (Lipinski definition) is 12. The van der Waals surface area contributed by atoms with Crippen molar-refractivity contribution in [3.05, 3.63) is 0 Å². The van der Waals surface area contributed by atoms with Crippen LogP contribution in [0.15, 0.2) is 0 Å². The van der Waals surface area contributed by atoms with Crippen LogP contribution in [0.4, 0.5) is 0 Å². The minimum absolute atomic E-state index is 0.117. The molecule has 366 valence electrons. The third-order valence-electron chi connectivity index (χ3n) is 10.0. The molecule has 0 bridgehead atoms. The lowest BCUT2D eigenvalue weighted by atomic mass is 10.0. The highest BCUT2D eigenvalue weighted by molar-refractivity contribution is 5.83. The molecular formula is C44H81N5O14. The van der Waals surface area contributed by atoms with Gasteiger partial charge in [0.1, 0.15) is 25.3 Å². The van der Waals surface area contributed by atoms with Crippen molar-refractivity contribution < 1.29 is 67.8 Å². The Labute approximate surface area is 374 Å². The van der Waals surface area contributed by atoms with Crippen LogP contribution in [0.5, 0.6) is 0 Å². The summed E-state index contributed by atoms with van der Waals surface area (Å²) < 4.78 is 21.3. The van der Waals surface area contributed by atoms with Crippen molar-refractivity contribution in [1.29, 1.82) is 0 Å². The summed E-state index contributed by atoms with van der Waals surface area (Å²) in [5.74, 6) is -4.01. The maximum absolute atomic E-state index is 12.4. The predicted octanol–water partition coefficient (Wildman–Crippen LogP) is 3.83. The Balaban J connectivity index is 3.62. The van der Waals surface area contributed by atoms with E-state index in [-0.39, 0.29) is 115 Å². The SMILES string of the molecule is N[C@@H](CCCCNC(=O)COCCOCCNC(=O)COCCOCCNC(=O)CCC[C@H](NC(=O)CCCCCCCCCCCCCCCCCCC(=O)O)C(=O)O)C(=O)O. The van der Waals surface area contributed by atoms with E-state index < -0.39 is 30.0 Å². The van der Waals surface area contributed by atoms with E-state index in [1.54, 1.807) is 0 Å². The molecule has 0 aliphatic heterocycles. The molecule has 0 radical (unpaired) electrons. The zero-order chi connectivity index (χ0) is 46.6. The number of carboxylic acid groups (broad SMARTS) is 3. The van der Waals surface area contributed by atoms with Gasteiger partial charge >= 0.3 is 17.9 Å². The molecule has 0 fully saturated rings. The summed E-state index contributed by atoms with van der Waals surface area (Å²) >= 11 is 0. The van der Waals surface area contributed by atoms with Crippen molar-refractivity contribution >= 4 is 41.5 Å². The molecule has 0 heterocycles. The Morgan fingerprint density at radius 1 is 0.397 bits per heavy atom. The van der Waals surface area contributed by atoms with E-state index in [0.717, 1.165) is 38.5 Å². The Bertz CT molecular complexity index is 1230. The average molecular weight is 904 g/mol. The summed E-state index contributed by atoms with van der Waals surface area (Å²) in [6.07, 6.45) is 20.6. The molecule has 0 saturated carbocycles. The topological polar surface area (TPSA) is 291 Å². The number of carbonyl (C=O) groups excluding carboxylic acids is 4. The zero-order valence-electron chi connectivity index (χ0n) is 37.8. The minimum atomic E-state index is -1.12. The molecule has 2 atom stereocenters. The maximum Gasteiger partial charge on any atom is 0.326 e. The molecule has 0 aromatic rings. The van der Waals surface area contributed by atoms with Gasteiger partial charge in [-0.3, -0.25) is 28.8 Å². The monoisotopic (exact) mass is 904 g/mol. The van der Waals surface area contributed by atoms with Crippen molar-refractivity contribution in [3.63, 3.8) is 0 Å². The molecule has 9 N–H and O–H groups in total. The summed E-state index contributed by atoms with van der Waals surface area (Å²) in [5.41, 5.74) is 5.42. The van der Waals surface area contributed by atoms with E-state index in [0.29, 0.717) is 38.6 Å². The number of hydrogen-bond donors (Lipinski definition) is 8. The summed E-state index contributed by atoms with van der Waals surface area (Å²) in [5, 5.41) is 37.6.